The Bertz CT molecular complexity index is 960. The predicted octanol–water partition coefficient (Wildman–Crippen LogP) is 6.87. The first kappa shape index (κ1) is 23.1. The van der Waals surface area contributed by atoms with Gasteiger partial charge in [-0.15, -0.1) is 0 Å². The van der Waals surface area contributed by atoms with Crippen LogP contribution in [0, 0.1) is 18.6 Å². The van der Waals surface area contributed by atoms with Crippen molar-refractivity contribution in [2.45, 2.75) is 65.7 Å². The van der Waals surface area contributed by atoms with Gasteiger partial charge >= 0.3 is 0 Å². The van der Waals surface area contributed by atoms with Gasteiger partial charge < -0.3 is 10.4 Å². The second kappa shape index (κ2) is 7.60. The van der Waals surface area contributed by atoms with Gasteiger partial charge in [0.1, 0.15) is 17.4 Å². The van der Waals surface area contributed by atoms with E-state index in [-0.39, 0.29) is 45.8 Å². The largest absolute Gasteiger partial charge is 0.506 e. The monoisotopic (exact) mass is 423 g/mol. The summed E-state index contributed by atoms with van der Waals surface area (Å²) < 4.78 is 27.6. The third-order valence-corrected chi connectivity index (χ3v) is 6.17. The van der Waals surface area contributed by atoms with Gasteiger partial charge in [-0.05, 0) is 59.9 Å². The molecule has 0 radical (unpaired) electrons. The smallest absolute Gasteiger partial charge is 0.259 e. The van der Waals surface area contributed by atoms with E-state index >= 15 is 0 Å². The van der Waals surface area contributed by atoms with Gasteiger partial charge in [0, 0.05) is 11.3 Å². The molecule has 0 heterocycles. The molecule has 3 rings (SSSR count). The Morgan fingerprint density at radius 2 is 1.59 bits per heavy atom. The van der Waals surface area contributed by atoms with E-state index in [2.05, 4.69) is 33.0 Å². The van der Waals surface area contributed by atoms with E-state index in [0.717, 1.165) is 36.1 Å². The van der Waals surface area contributed by atoms with E-state index in [0.29, 0.717) is 0 Å². The van der Waals surface area contributed by atoms with Crippen molar-refractivity contribution in [3.63, 3.8) is 0 Å². The van der Waals surface area contributed by atoms with Crippen molar-refractivity contribution in [3.8, 4) is 5.75 Å². The third-order valence-electron chi connectivity index (χ3n) is 5.80. The molecule has 6 heteroatoms. The first-order valence-corrected chi connectivity index (χ1v) is 9.56. The molecule has 2 aromatic carbocycles. The molecule has 29 heavy (non-hydrogen) atoms. The number of amides is 1. The van der Waals surface area contributed by atoms with Crippen LogP contribution in [0.3, 0.4) is 0 Å². The topological polar surface area (TPSA) is 49.3 Å². The minimum atomic E-state index is -0.758. The van der Waals surface area contributed by atoms with E-state index in [1.807, 2.05) is 0 Å². The summed E-state index contributed by atoms with van der Waals surface area (Å²) in [5, 5.41) is 13.2. The molecule has 0 unspecified atom stereocenters. The Morgan fingerprint density at radius 3 is 2.14 bits per heavy atom. The highest BCUT2D eigenvalue weighted by Crippen LogP contribution is 2.51. The Morgan fingerprint density at radius 1 is 1.07 bits per heavy atom. The van der Waals surface area contributed by atoms with Gasteiger partial charge in [-0.25, -0.2) is 8.78 Å². The molecule has 0 fully saturated rings. The quantitative estimate of drug-likeness (QED) is 0.553. The average molecular weight is 424 g/mol. The summed E-state index contributed by atoms with van der Waals surface area (Å²) in [6, 6.07) is 3.73. The van der Waals surface area contributed by atoms with Gasteiger partial charge in [0.15, 0.2) is 0 Å². The number of phenolic OH excluding ortho intramolecular Hbond substituents is 1. The molecule has 0 aliphatic heterocycles. The molecule has 0 bridgehead atoms. The SMILES string of the molecule is C.Cc1c(F)cc(NC(=O)c2cc3c(c(Cl)c2O)C(C)(C)CCC3(C)C)cc1F. The van der Waals surface area contributed by atoms with Crippen LogP contribution < -0.4 is 5.32 Å². The maximum absolute atomic E-state index is 13.8. The van der Waals surface area contributed by atoms with Crippen LogP contribution in [-0.2, 0) is 10.8 Å². The predicted molar refractivity (Wildman–Crippen MR) is 114 cm³/mol. The van der Waals surface area contributed by atoms with Crippen LogP contribution in [0.2, 0.25) is 5.02 Å². The number of hydrogen-bond acceptors (Lipinski definition) is 2. The Hall–Kier alpha value is -2.14. The first-order chi connectivity index (χ1) is 12.8. The van der Waals surface area contributed by atoms with Gasteiger partial charge in [-0.3, -0.25) is 4.79 Å². The zero-order valence-corrected chi connectivity index (χ0v) is 17.4. The van der Waals surface area contributed by atoms with Crippen molar-refractivity contribution in [2.75, 3.05) is 5.32 Å². The summed E-state index contributed by atoms with van der Waals surface area (Å²) in [6.45, 7) is 9.57. The minimum Gasteiger partial charge on any atom is -0.506 e. The maximum Gasteiger partial charge on any atom is 0.259 e. The maximum atomic E-state index is 13.8. The lowest BCUT2D eigenvalue weighted by molar-refractivity contribution is 0.102. The molecule has 2 aromatic rings. The van der Waals surface area contributed by atoms with Crippen LogP contribution in [0.4, 0.5) is 14.5 Å². The van der Waals surface area contributed by atoms with Crippen LogP contribution in [0.15, 0.2) is 18.2 Å². The van der Waals surface area contributed by atoms with E-state index in [1.54, 1.807) is 6.07 Å². The van der Waals surface area contributed by atoms with Crippen molar-refractivity contribution in [2.24, 2.45) is 0 Å². The summed E-state index contributed by atoms with van der Waals surface area (Å²) in [5.41, 5.74) is 1.11. The molecule has 0 saturated heterocycles. The number of anilines is 1. The van der Waals surface area contributed by atoms with E-state index in [1.165, 1.54) is 6.92 Å². The Kier molecular flexibility index (Phi) is 6.06. The lowest BCUT2D eigenvalue weighted by Crippen LogP contribution is -2.34. The molecule has 0 spiro atoms. The van der Waals surface area contributed by atoms with Crippen LogP contribution in [0.1, 0.15) is 75.0 Å². The molecule has 1 amide bonds. The standard InChI is InChI=1S/C22H24ClF2NO2.CH4/c1-11-15(24)8-12(9-16(11)25)26-20(28)13-10-14-17(18(23)19(13)27)22(4,5)7-6-21(14,2)3;/h8-10,27H,6-7H2,1-5H3,(H,26,28);1H4. The summed E-state index contributed by atoms with van der Waals surface area (Å²) >= 11 is 6.50. The van der Waals surface area contributed by atoms with Gasteiger partial charge in [0.25, 0.3) is 5.91 Å². The second-order valence-corrected chi connectivity index (χ2v) is 9.17. The summed E-state index contributed by atoms with van der Waals surface area (Å²) in [5.74, 6) is -2.52. The molecular weight excluding hydrogens is 396 g/mol. The Balaban J connectivity index is 0.00000300. The second-order valence-electron chi connectivity index (χ2n) is 8.80. The van der Waals surface area contributed by atoms with Crippen LogP contribution in [0.5, 0.6) is 5.75 Å². The number of benzene rings is 2. The zero-order chi connectivity index (χ0) is 21.0. The van der Waals surface area contributed by atoms with Gasteiger partial charge in [-0.2, -0.15) is 0 Å². The van der Waals surface area contributed by atoms with Crippen LogP contribution in [0.25, 0.3) is 0 Å². The fourth-order valence-electron chi connectivity index (χ4n) is 3.81. The zero-order valence-electron chi connectivity index (χ0n) is 16.6. The highest BCUT2D eigenvalue weighted by molar-refractivity contribution is 6.34. The van der Waals surface area contributed by atoms with E-state index in [4.69, 9.17) is 11.6 Å². The molecular formula is C23H28ClF2NO2. The first-order valence-electron chi connectivity index (χ1n) is 9.18. The molecule has 3 nitrogen and oxygen atoms in total. The number of phenols is 1. The summed E-state index contributed by atoms with van der Waals surface area (Å²) in [6.07, 6.45) is 1.81. The van der Waals surface area contributed by atoms with Crippen LogP contribution >= 0.6 is 11.6 Å². The molecule has 2 N–H and O–H groups in total. The average Bonchev–Trinajstić information content (AvgIpc) is 2.58. The number of carbonyl (C=O) groups is 1. The normalized spacial score (nSPS) is 16.6. The summed E-state index contributed by atoms with van der Waals surface area (Å²) in [7, 11) is 0. The summed E-state index contributed by atoms with van der Waals surface area (Å²) in [4.78, 5) is 12.8. The Labute approximate surface area is 176 Å². The fourth-order valence-corrected chi connectivity index (χ4v) is 4.27. The van der Waals surface area contributed by atoms with Gasteiger partial charge in [-0.1, -0.05) is 46.7 Å². The molecule has 1 aliphatic rings. The number of nitrogens with one attached hydrogen (secondary N) is 1. The molecule has 0 saturated carbocycles. The number of rotatable bonds is 2. The number of aromatic hydroxyl groups is 1. The van der Waals surface area contributed by atoms with Crippen molar-refractivity contribution in [1.82, 2.24) is 0 Å². The van der Waals surface area contributed by atoms with Crippen molar-refractivity contribution in [1.29, 1.82) is 0 Å². The van der Waals surface area contributed by atoms with Crippen LogP contribution in [-0.4, -0.2) is 11.0 Å². The lowest BCUT2D eigenvalue weighted by atomic mass is 9.63. The number of hydrogen-bond donors (Lipinski definition) is 2. The van der Waals surface area contributed by atoms with Crippen molar-refractivity contribution in [3.05, 3.63) is 57.1 Å². The third kappa shape index (κ3) is 3.97. The molecule has 1 aliphatic carbocycles. The van der Waals surface area contributed by atoms with E-state index in [9.17, 15) is 18.7 Å². The van der Waals surface area contributed by atoms with Gasteiger partial charge in [0.2, 0.25) is 0 Å². The number of fused-ring (bicyclic) bond motifs is 1. The fraction of sp³-hybridized carbons (Fsp3) is 0.435. The molecule has 158 valence electrons. The van der Waals surface area contributed by atoms with E-state index < -0.39 is 17.5 Å². The molecule has 0 aromatic heterocycles. The number of carbonyl (C=O) groups excluding carboxylic acids is 1. The lowest BCUT2D eigenvalue weighted by Gasteiger charge is -2.42. The van der Waals surface area contributed by atoms with Crippen molar-refractivity contribution < 1.29 is 18.7 Å². The minimum absolute atomic E-state index is 0. The number of halogens is 3. The highest BCUT2D eigenvalue weighted by atomic mass is 35.5. The molecule has 0 atom stereocenters. The van der Waals surface area contributed by atoms with Gasteiger partial charge in [0.05, 0.1) is 10.6 Å². The highest BCUT2D eigenvalue weighted by Gasteiger charge is 2.40. The van der Waals surface area contributed by atoms with Crippen molar-refractivity contribution >= 4 is 23.2 Å².